The third kappa shape index (κ3) is 4.83. The average Bonchev–Trinajstić information content (AvgIpc) is 3.40. The fourth-order valence-corrected chi connectivity index (χ4v) is 4.65. The summed E-state index contributed by atoms with van der Waals surface area (Å²) in [6.45, 7) is 7.26. The zero-order valence-corrected chi connectivity index (χ0v) is 19.0. The van der Waals surface area contributed by atoms with Gasteiger partial charge in [0.05, 0.1) is 11.6 Å². The van der Waals surface area contributed by atoms with E-state index >= 15 is 0 Å². The van der Waals surface area contributed by atoms with E-state index in [1.807, 2.05) is 30.0 Å². The number of benzene rings is 1. The van der Waals surface area contributed by atoms with Gasteiger partial charge in [0.15, 0.2) is 5.82 Å². The largest absolute Gasteiger partial charge is 0.342 e. The summed E-state index contributed by atoms with van der Waals surface area (Å²) < 4.78 is 0. The second-order valence-corrected chi connectivity index (χ2v) is 8.95. The van der Waals surface area contributed by atoms with E-state index in [1.54, 1.807) is 17.2 Å². The summed E-state index contributed by atoms with van der Waals surface area (Å²) >= 11 is 0. The third-order valence-electron chi connectivity index (χ3n) is 6.88. The Morgan fingerprint density at radius 1 is 1.16 bits per heavy atom. The van der Waals surface area contributed by atoms with E-state index in [2.05, 4.69) is 34.6 Å². The molecule has 0 radical (unpaired) electrons. The summed E-state index contributed by atoms with van der Waals surface area (Å²) in [6, 6.07) is 11.9. The number of carbonyl (C=O) groups is 2. The van der Waals surface area contributed by atoms with Crippen LogP contribution in [0.3, 0.4) is 0 Å². The van der Waals surface area contributed by atoms with Gasteiger partial charge in [-0.05, 0) is 68.0 Å². The fraction of sp³-hybridized carbons (Fsp3) is 0.520. The van der Waals surface area contributed by atoms with E-state index in [9.17, 15) is 9.59 Å². The SMILES string of the molecule is CCC(C)C(=O)N1CCC(c2ccc(N(C(=O)[C@H]3CCNC3)c3cccnn3)cc2)CC1. The van der Waals surface area contributed by atoms with Gasteiger partial charge in [-0.1, -0.05) is 26.0 Å². The minimum Gasteiger partial charge on any atom is -0.342 e. The zero-order chi connectivity index (χ0) is 22.5. The maximum Gasteiger partial charge on any atom is 0.237 e. The average molecular weight is 436 g/mol. The minimum absolute atomic E-state index is 0.0518. The molecule has 2 fully saturated rings. The highest BCUT2D eigenvalue weighted by Crippen LogP contribution is 2.32. The molecule has 2 atom stereocenters. The van der Waals surface area contributed by atoms with Crippen LogP contribution in [-0.4, -0.2) is 53.1 Å². The fourth-order valence-electron chi connectivity index (χ4n) is 4.65. The first-order chi connectivity index (χ1) is 15.6. The van der Waals surface area contributed by atoms with Gasteiger partial charge >= 0.3 is 0 Å². The Morgan fingerprint density at radius 3 is 2.50 bits per heavy atom. The summed E-state index contributed by atoms with van der Waals surface area (Å²) in [5.74, 6) is 1.37. The van der Waals surface area contributed by atoms with Crippen LogP contribution in [0.5, 0.6) is 0 Å². The molecule has 1 aromatic heterocycles. The quantitative estimate of drug-likeness (QED) is 0.751. The van der Waals surface area contributed by atoms with Crippen LogP contribution < -0.4 is 10.2 Å². The molecule has 2 amide bonds. The maximum atomic E-state index is 13.3. The van der Waals surface area contributed by atoms with Crippen LogP contribution in [0.4, 0.5) is 11.5 Å². The number of hydrogen-bond acceptors (Lipinski definition) is 5. The van der Waals surface area contributed by atoms with E-state index in [0.717, 1.165) is 51.0 Å². The molecule has 0 spiro atoms. The highest BCUT2D eigenvalue weighted by atomic mass is 16.2. The Kier molecular flexibility index (Phi) is 7.15. The Hall–Kier alpha value is -2.80. The summed E-state index contributed by atoms with van der Waals surface area (Å²) in [6.07, 6.45) is 5.29. The molecule has 0 aliphatic carbocycles. The standard InChI is InChI=1S/C25H33N5O2/c1-3-18(2)24(31)29-15-11-20(12-16-29)19-6-8-22(9-7-19)30(23-5-4-13-27-28-23)25(32)21-10-14-26-17-21/h4-9,13,18,20-21,26H,3,10-12,14-17H2,1-2H3/t18?,21-/m0/s1. The maximum absolute atomic E-state index is 13.3. The molecule has 0 bridgehead atoms. The predicted molar refractivity (Wildman–Crippen MR) is 125 cm³/mol. The van der Waals surface area contributed by atoms with Gasteiger partial charge in [-0.2, -0.15) is 5.10 Å². The number of carbonyl (C=O) groups excluding carboxylic acids is 2. The van der Waals surface area contributed by atoms with Crippen LogP contribution in [0.1, 0.15) is 51.0 Å². The Labute approximate surface area is 190 Å². The number of rotatable bonds is 6. The van der Waals surface area contributed by atoms with Gasteiger partial charge in [-0.3, -0.25) is 14.5 Å². The zero-order valence-electron chi connectivity index (χ0n) is 19.0. The molecule has 32 heavy (non-hydrogen) atoms. The molecule has 7 heteroatoms. The highest BCUT2D eigenvalue weighted by Gasteiger charge is 2.30. The van der Waals surface area contributed by atoms with Crippen molar-refractivity contribution in [1.82, 2.24) is 20.4 Å². The number of hydrogen-bond donors (Lipinski definition) is 1. The summed E-state index contributed by atoms with van der Waals surface area (Å²) in [4.78, 5) is 29.5. The van der Waals surface area contributed by atoms with Crippen molar-refractivity contribution in [2.75, 3.05) is 31.1 Å². The van der Waals surface area contributed by atoms with Crippen molar-refractivity contribution in [2.45, 2.75) is 45.4 Å². The van der Waals surface area contributed by atoms with Gasteiger partial charge in [0.25, 0.3) is 0 Å². The molecule has 3 heterocycles. The lowest BCUT2D eigenvalue weighted by Crippen LogP contribution is -2.40. The van der Waals surface area contributed by atoms with Gasteiger partial charge in [-0.15, -0.1) is 5.10 Å². The molecule has 0 saturated carbocycles. The topological polar surface area (TPSA) is 78.4 Å². The lowest BCUT2D eigenvalue weighted by Gasteiger charge is -2.34. The molecule has 1 unspecified atom stereocenters. The van der Waals surface area contributed by atoms with Crippen molar-refractivity contribution in [1.29, 1.82) is 0 Å². The summed E-state index contributed by atoms with van der Waals surface area (Å²) in [7, 11) is 0. The van der Waals surface area contributed by atoms with Crippen molar-refractivity contribution in [3.05, 3.63) is 48.2 Å². The molecule has 2 aromatic rings. The first kappa shape index (κ1) is 22.4. The van der Waals surface area contributed by atoms with Crippen LogP contribution in [0.2, 0.25) is 0 Å². The molecule has 2 aliphatic rings. The summed E-state index contributed by atoms with van der Waals surface area (Å²) in [5, 5.41) is 11.5. The number of aromatic nitrogens is 2. The molecule has 2 saturated heterocycles. The smallest absolute Gasteiger partial charge is 0.237 e. The van der Waals surface area contributed by atoms with Gasteiger partial charge in [-0.25, -0.2) is 0 Å². The normalized spacial score (nSPS) is 20.2. The van der Waals surface area contributed by atoms with E-state index in [-0.39, 0.29) is 23.7 Å². The lowest BCUT2D eigenvalue weighted by atomic mass is 9.88. The lowest BCUT2D eigenvalue weighted by molar-refractivity contribution is -0.136. The second-order valence-electron chi connectivity index (χ2n) is 8.95. The molecule has 4 rings (SSSR count). The van der Waals surface area contributed by atoms with Crippen molar-refractivity contribution in [3.63, 3.8) is 0 Å². The molecule has 1 aromatic carbocycles. The number of anilines is 2. The molecule has 1 N–H and O–H groups in total. The minimum atomic E-state index is -0.0518. The number of likely N-dealkylation sites (tertiary alicyclic amines) is 1. The highest BCUT2D eigenvalue weighted by molar-refractivity contribution is 6.01. The second kappa shape index (κ2) is 10.2. The van der Waals surface area contributed by atoms with Crippen LogP contribution >= 0.6 is 0 Å². The van der Waals surface area contributed by atoms with Crippen LogP contribution in [-0.2, 0) is 9.59 Å². The Bertz CT molecular complexity index is 904. The first-order valence-corrected chi connectivity index (χ1v) is 11.8. The van der Waals surface area contributed by atoms with Crippen molar-refractivity contribution in [3.8, 4) is 0 Å². The van der Waals surface area contributed by atoms with E-state index in [0.29, 0.717) is 18.3 Å². The van der Waals surface area contributed by atoms with Gasteiger partial charge < -0.3 is 10.2 Å². The van der Waals surface area contributed by atoms with Crippen LogP contribution in [0.25, 0.3) is 0 Å². The van der Waals surface area contributed by atoms with Crippen molar-refractivity contribution in [2.24, 2.45) is 11.8 Å². The van der Waals surface area contributed by atoms with Crippen LogP contribution in [0.15, 0.2) is 42.6 Å². The van der Waals surface area contributed by atoms with Gasteiger partial charge in [0.2, 0.25) is 11.8 Å². The van der Waals surface area contributed by atoms with Crippen LogP contribution in [0, 0.1) is 11.8 Å². The molecular weight excluding hydrogens is 402 g/mol. The van der Waals surface area contributed by atoms with Crippen molar-refractivity contribution < 1.29 is 9.59 Å². The summed E-state index contributed by atoms with van der Waals surface area (Å²) in [5.41, 5.74) is 2.08. The number of amides is 2. The number of nitrogens with zero attached hydrogens (tertiary/aromatic N) is 4. The number of piperidine rings is 1. The third-order valence-corrected chi connectivity index (χ3v) is 6.88. The molecule has 170 valence electrons. The first-order valence-electron chi connectivity index (χ1n) is 11.8. The predicted octanol–water partition coefficient (Wildman–Crippen LogP) is 3.50. The van der Waals surface area contributed by atoms with E-state index < -0.39 is 0 Å². The van der Waals surface area contributed by atoms with Gasteiger partial charge in [0.1, 0.15) is 0 Å². The molecular formula is C25H33N5O2. The molecule has 7 nitrogen and oxygen atoms in total. The Balaban J connectivity index is 1.48. The van der Waals surface area contributed by atoms with Gasteiger partial charge in [0, 0.05) is 31.7 Å². The van der Waals surface area contributed by atoms with E-state index in [4.69, 9.17) is 0 Å². The number of nitrogens with one attached hydrogen (secondary N) is 1. The van der Waals surface area contributed by atoms with E-state index in [1.165, 1.54) is 5.56 Å². The van der Waals surface area contributed by atoms with Crippen molar-refractivity contribution >= 4 is 23.3 Å². The monoisotopic (exact) mass is 435 g/mol. The Morgan fingerprint density at radius 2 is 1.91 bits per heavy atom. The molecule has 2 aliphatic heterocycles.